The average molecular weight is 565 g/mol. The first-order valence-electron chi connectivity index (χ1n) is 13.6. The van der Waals surface area contributed by atoms with Crippen molar-refractivity contribution in [3.63, 3.8) is 0 Å². The number of hydrogen-bond donors (Lipinski definition) is 2. The van der Waals surface area contributed by atoms with Crippen LogP contribution in [0.1, 0.15) is 34.2 Å². The number of aromatic amines is 1. The zero-order chi connectivity index (χ0) is 29.5. The maximum absolute atomic E-state index is 14.4. The summed E-state index contributed by atoms with van der Waals surface area (Å²) in [6.07, 6.45) is 5.53. The predicted octanol–water partition coefficient (Wildman–Crippen LogP) is 5.15. The normalized spacial score (nSPS) is 14.1. The van der Waals surface area contributed by atoms with Crippen molar-refractivity contribution < 1.29 is 13.9 Å². The molecule has 1 fully saturated rings. The van der Waals surface area contributed by atoms with Gasteiger partial charge in [0.05, 0.1) is 30.0 Å². The van der Waals surface area contributed by atoms with E-state index in [0.717, 1.165) is 51.8 Å². The molecule has 212 valence electrons. The molecule has 1 saturated heterocycles. The third-order valence-electron chi connectivity index (χ3n) is 7.77. The summed E-state index contributed by atoms with van der Waals surface area (Å²) >= 11 is 0. The lowest BCUT2D eigenvalue weighted by Crippen LogP contribution is -2.36. The van der Waals surface area contributed by atoms with E-state index in [1.807, 2.05) is 25.1 Å². The SMILES string of the molecule is C=Cc1c(/C(F)=C\C)ncn(-c2cccc(-c3cnc(C(N)=O)c4[nH]c5cc(N6CCOCC6)ccc5c34)c2C)c1=O. The number of anilines is 1. The number of allylic oxidation sites excluding steroid dienone is 1. The van der Waals surface area contributed by atoms with E-state index in [9.17, 15) is 14.0 Å². The first-order valence-corrected chi connectivity index (χ1v) is 13.6. The minimum absolute atomic E-state index is 0.0502. The second-order valence-electron chi connectivity index (χ2n) is 10.1. The highest BCUT2D eigenvalue weighted by molar-refractivity contribution is 6.19. The van der Waals surface area contributed by atoms with E-state index < -0.39 is 17.3 Å². The number of carbonyl (C=O) groups is 1. The van der Waals surface area contributed by atoms with Gasteiger partial charge in [-0.05, 0) is 49.2 Å². The van der Waals surface area contributed by atoms with Crippen molar-refractivity contribution in [3.05, 3.63) is 94.4 Å². The summed E-state index contributed by atoms with van der Waals surface area (Å²) in [7, 11) is 0. The van der Waals surface area contributed by atoms with Gasteiger partial charge in [-0.1, -0.05) is 30.9 Å². The Balaban J connectivity index is 1.56. The number of ether oxygens (including phenoxy) is 1. The Morgan fingerprint density at radius 1 is 1.14 bits per heavy atom. The summed E-state index contributed by atoms with van der Waals surface area (Å²) in [4.78, 5) is 40.2. The van der Waals surface area contributed by atoms with Gasteiger partial charge in [0.15, 0.2) is 5.69 Å². The first-order chi connectivity index (χ1) is 20.3. The van der Waals surface area contributed by atoms with E-state index in [4.69, 9.17) is 10.5 Å². The van der Waals surface area contributed by atoms with Crippen molar-refractivity contribution in [1.82, 2.24) is 19.5 Å². The monoisotopic (exact) mass is 564 g/mol. The summed E-state index contributed by atoms with van der Waals surface area (Å²) in [5.41, 5.74) is 10.8. The van der Waals surface area contributed by atoms with E-state index in [1.54, 1.807) is 12.3 Å². The van der Waals surface area contributed by atoms with Gasteiger partial charge in [-0.25, -0.2) is 14.4 Å². The zero-order valence-corrected chi connectivity index (χ0v) is 23.3. The van der Waals surface area contributed by atoms with Gasteiger partial charge in [0.25, 0.3) is 11.5 Å². The summed E-state index contributed by atoms with van der Waals surface area (Å²) in [5, 5.41) is 1.70. The van der Waals surface area contributed by atoms with Gasteiger partial charge in [-0.15, -0.1) is 0 Å². The van der Waals surface area contributed by atoms with Crippen molar-refractivity contribution in [2.75, 3.05) is 31.2 Å². The van der Waals surface area contributed by atoms with Crippen molar-refractivity contribution >= 4 is 45.3 Å². The van der Waals surface area contributed by atoms with Crippen LogP contribution in [0.2, 0.25) is 0 Å². The van der Waals surface area contributed by atoms with Crippen molar-refractivity contribution in [2.45, 2.75) is 13.8 Å². The maximum atomic E-state index is 14.4. The molecule has 4 heterocycles. The third-order valence-corrected chi connectivity index (χ3v) is 7.77. The van der Waals surface area contributed by atoms with Crippen LogP contribution < -0.4 is 16.2 Å². The van der Waals surface area contributed by atoms with Crippen molar-refractivity contribution in [3.8, 4) is 16.8 Å². The molecule has 0 saturated carbocycles. The lowest BCUT2D eigenvalue weighted by molar-refractivity contribution is 0.0997. The van der Waals surface area contributed by atoms with Gasteiger partial charge in [0, 0.05) is 46.8 Å². The van der Waals surface area contributed by atoms with Gasteiger partial charge in [0.2, 0.25) is 0 Å². The number of nitrogens with two attached hydrogens (primary N) is 1. The number of H-pyrrole nitrogens is 1. The fourth-order valence-electron chi connectivity index (χ4n) is 5.64. The summed E-state index contributed by atoms with van der Waals surface area (Å²) in [6.45, 7) is 10.1. The molecule has 1 aliphatic heterocycles. The minimum Gasteiger partial charge on any atom is -0.378 e. The van der Waals surface area contributed by atoms with E-state index in [2.05, 4.69) is 38.6 Å². The Kier molecular flexibility index (Phi) is 6.91. The highest BCUT2D eigenvalue weighted by Gasteiger charge is 2.22. The standard InChI is InChI=1S/C32H29FN6O3/c1-4-20-28(24(33)5-2)36-17-39(32(20)41)26-8-6-7-21(18(26)3)23-16-35-30(31(34)40)29-27(23)22-10-9-19(15-25(22)37-29)38-11-13-42-14-12-38/h4-10,15-17,37H,1,11-14H2,2-3H3,(H2,34,40)/b24-5+. The van der Waals surface area contributed by atoms with Crippen LogP contribution in [0.3, 0.4) is 0 Å². The van der Waals surface area contributed by atoms with Crippen LogP contribution in [-0.2, 0) is 4.74 Å². The smallest absolute Gasteiger partial charge is 0.269 e. The molecule has 42 heavy (non-hydrogen) atoms. The Morgan fingerprint density at radius 2 is 1.93 bits per heavy atom. The van der Waals surface area contributed by atoms with Gasteiger partial charge in [-0.3, -0.25) is 14.2 Å². The molecule has 0 spiro atoms. The number of nitrogens with one attached hydrogen (secondary N) is 1. The molecule has 3 aromatic heterocycles. The number of amides is 1. The van der Waals surface area contributed by atoms with E-state index in [-0.39, 0.29) is 17.0 Å². The predicted molar refractivity (Wildman–Crippen MR) is 164 cm³/mol. The van der Waals surface area contributed by atoms with Gasteiger partial charge >= 0.3 is 0 Å². The third kappa shape index (κ3) is 4.36. The fourth-order valence-corrected chi connectivity index (χ4v) is 5.64. The topological polar surface area (TPSA) is 119 Å². The fraction of sp³-hybridized carbons (Fsp3) is 0.188. The summed E-state index contributed by atoms with van der Waals surface area (Å²) in [6, 6.07) is 11.7. The van der Waals surface area contributed by atoms with E-state index >= 15 is 0 Å². The number of rotatable bonds is 6. The Labute approximate surface area is 240 Å². The molecule has 2 aromatic carbocycles. The number of halogens is 1. The first kappa shape index (κ1) is 27.1. The quantitative estimate of drug-likeness (QED) is 0.295. The second-order valence-corrected chi connectivity index (χ2v) is 10.1. The van der Waals surface area contributed by atoms with Gasteiger partial charge in [0.1, 0.15) is 17.8 Å². The Bertz CT molecular complexity index is 1980. The van der Waals surface area contributed by atoms with E-state index in [0.29, 0.717) is 24.4 Å². The number of fused-ring (bicyclic) bond motifs is 3. The molecule has 6 rings (SSSR count). The molecule has 0 aliphatic carbocycles. The lowest BCUT2D eigenvalue weighted by Gasteiger charge is -2.28. The number of morpholine rings is 1. The van der Waals surface area contributed by atoms with Crippen LogP contribution in [0.5, 0.6) is 0 Å². The van der Waals surface area contributed by atoms with Crippen LogP contribution in [0.4, 0.5) is 10.1 Å². The number of primary amides is 1. The number of carbonyl (C=O) groups excluding carboxylic acids is 1. The molecular weight excluding hydrogens is 535 g/mol. The van der Waals surface area contributed by atoms with E-state index in [1.165, 1.54) is 30.0 Å². The number of pyridine rings is 1. The van der Waals surface area contributed by atoms with Crippen LogP contribution in [0.15, 0.2) is 66.4 Å². The number of nitrogens with zero attached hydrogens (tertiary/aromatic N) is 4. The lowest BCUT2D eigenvalue weighted by atomic mass is 9.95. The molecule has 5 aromatic rings. The number of hydrogen-bond acceptors (Lipinski definition) is 6. The highest BCUT2D eigenvalue weighted by atomic mass is 19.1. The molecule has 0 atom stereocenters. The Morgan fingerprint density at radius 3 is 2.64 bits per heavy atom. The number of aromatic nitrogens is 4. The summed E-state index contributed by atoms with van der Waals surface area (Å²) < 4.78 is 21.3. The molecule has 0 unspecified atom stereocenters. The molecular formula is C32H29FN6O3. The molecule has 3 N–H and O–H groups in total. The van der Waals surface area contributed by atoms with Crippen LogP contribution in [-0.4, -0.2) is 51.7 Å². The molecule has 0 radical (unpaired) electrons. The van der Waals surface area contributed by atoms with Crippen LogP contribution >= 0.6 is 0 Å². The largest absolute Gasteiger partial charge is 0.378 e. The second kappa shape index (κ2) is 10.7. The van der Waals surface area contributed by atoms with Crippen molar-refractivity contribution in [1.29, 1.82) is 0 Å². The van der Waals surface area contributed by atoms with Crippen LogP contribution in [0, 0.1) is 6.92 Å². The molecule has 1 aliphatic rings. The molecule has 9 nitrogen and oxygen atoms in total. The van der Waals surface area contributed by atoms with Crippen molar-refractivity contribution in [2.24, 2.45) is 5.73 Å². The average Bonchev–Trinajstić information content (AvgIpc) is 3.39. The minimum atomic E-state index is -0.639. The molecule has 1 amide bonds. The number of benzene rings is 2. The molecule has 0 bridgehead atoms. The zero-order valence-electron chi connectivity index (χ0n) is 23.3. The van der Waals surface area contributed by atoms with Gasteiger partial charge in [-0.2, -0.15) is 0 Å². The molecule has 10 heteroatoms. The highest BCUT2D eigenvalue weighted by Crippen LogP contribution is 2.39. The maximum Gasteiger partial charge on any atom is 0.269 e. The van der Waals surface area contributed by atoms with Crippen LogP contribution in [0.25, 0.3) is 50.5 Å². The van der Waals surface area contributed by atoms with Gasteiger partial charge < -0.3 is 20.4 Å². The Hall–Kier alpha value is -5.09. The summed E-state index contributed by atoms with van der Waals surface area (Å²) in [5.74, 6) is -1.24.